The number of imidazole rings is 1. The zero-order valence-electron chi connectivity index (χ0n) is 6.49. The smallest absolute Gasteiger partial charge is 0.205 e. The van der Waals surface area contributed by atoms with Crippen LogP contribution in [0.5, 0.6) is 0 Å². The molecule has 0 amide bonds. The molecule has 2 aromatic heterocycles. The maximum Gasteiger partial charge on any atom is 0.205 e. The first-order chi connectivity index (χ1) is 5.95. The molecule has 0 aromatic carbocycles. The molecule has 0 atom stereocenters. The highest BCUT2D eigenvalue weighted by atomic mass is 15.3. The maximum atomic E-state index is 4.38. The van der Waals surface area contributed by atoms with Gasteiger partial charge in [-0.2, -0.15) is 0 Å². The van der Waals surface area contributed by atoms with Gasteiger partial charge in [0.1, 0.15) is 5.52 Å². The Balaban J connectivity index is 2.44. The second-order valence-corrected chi connectivity index (χ2v) is 2.86. The van der Waals surface area contributed by atoms with Crippen molar-refractivity contribution in [3.8, 4) is 0 Å². The molecule has 12 heavy (non-hydrogen) atoms. The summed E-state index contributed by atoms with van der Waals surface area (Å²) in [6.45, 7) is 1.94. The van der Waals surface area contributed by atoms with Crippen molar-refractivity contribution in [2.45, 2.75) is 6.54 Å². The maximum absolute atomic E-state index is 4.38. The minimum absolute atomic E-state index is 0.948. The number of nitrogens with one attached hydrogen (secondary N) is 1. The van der Waals surface area contributed by atoms with Gasteiger partial charge in [0.2, 0.25) is 5.95 Å². The highest BCUT2D eigenvalue weighted by molar-refractivity contribution is 5.74. The third-order valence-electron chi connectivity index (χ3n) is 2.12. The minimum Gasteiger partial charge on any atom is -0.354 e. The fraction of sp³-hybridized carbons (Fsp3) is 0.250. The van der Waals surface area contributed by atoms with E-state index >= 15 is 0 Å². The first kappa shape index (κ1) is 5.99. The van der Waals surface area contributed by atoms with Crippen molar-refractivity contribution in [3.05, 3.63) is 18.3 Å². The summed E-state index contributed by atoms with van der Waals surface area (Å²) in [5, 5.41) is 3.20. The van der Waals surface area contributed by atoms with E-state index in [1.807, 2.05) is 12.1 Å². The molecule has 3 rings (SSSR count). The zero-order valence-corrected chi connectivity index (χ0v) is 6.49. The lowest BCUT2D eigenvalue weighted by molar-refractivity contribution is 0.827. The van der Waals surface area contributed by atoms with Gasteiger partial charge in [0, 0.05) is 19.3 Å². The van der Waals surface area contributed by atoms with Crippen molar-refractivity contribution < 1.29 is 0 Å². The van der Waals surface area contributed by atoms with Crippen LogP contribution < -0.4 is 5.32 Å². The van der Waals surface area contributed by atoms with Crippen molar-refractivity contribution in [3.63, 3.8) is 0 Å². The second kappa shape index (κ2) is 1.97. The Hall–Kier alpha value is -1.58. The highest BCUT2D eigenvalue weighted by Gasteiger charge is 2.14. The molecule has 0 saturated carbocycles. The first-order valence-electron chi connectivity index (χ1n) is 4.00. The fourth-order valence-corrected chi connectivity index (χ4v) is 1.58. The molecule has 60 valence electrons. The first-order valence-corrected chi connectivity index (χ1v) is 4.00. The van der Waals surface area contributed by atoms with Crippen LogP contribution >= 0.6 is 0 Å². The second-order valence-electron chi connectivity index (χ2n) is 2.86. The lowest BCUT2D eigenvalue weighted by Crippen LogP contribution is -1.95. The summed E-state index contributed by atoms with van der Waals surface area (Å²) in [6.07, 6.45) is 1.80. The monoisotopic (exact) mass is 160 g/mol. The van der Waals surface area contributed by atoms with E-state index in [9.17, 15) is 0 Å². The van der Waals surface area contributed by atoms with Gasteiger partial charge in [0.15, 0.2) is 5.65 Å². The van der Waals surface area contributed by atoms with Crippen LogP contribution in [0.1, 0.15) is 0 Å². The predicted octanol–water partition coefficient (Wildman–Crippen LogP) is 0.857. The Morgan fingerprint density at radius 2 is 2.50 bits per heavy atom. The topological polar surface area (TPSA) is 42.7 Å². The van der Waals surface area contributed by atoms with Gasteiger partial charge in [-0.05, 0) is 12.1 Å². The summed E-state index contributed by atoms with van der Waals surface area (Å²) >= 11 is 0. The van der Waals surface area contributed by atoms with Gasteiger partial charge in [-0.15, -0.1) is 0 Å². The molecule has 2 aromatic rings. The van der Waals surface area contributed by atoms with Gasteiger partial charge >= 0.3 is 0 Å². The van der Waals surface area contributed by atoms with Gasteiger partial charge in [0.25, 0.3) is 0 Å². The average molecular weight is 160 g/mol. The normalized spacial score (nSPS) is 14.7. The molecule has 3 heterocycles. The van der Waals surface area contributed by atoms with E-state index in [4.69, 9.17) is 0 Å². The molecule has 4 heteroatoms. The third kappa shape index (κ3) is 0.617. The van der Waals surface area contributed by atoms with E-state index in [1.165, 1.54) is 0 Å². The van der Waals surface area contributed by atoms with E-state index < -0.39 is 0 Å². The summed E-state index contributed by atoms with van der Waals surface area (Å²) in [6, 6.07) is 3.89. The average Bonchev–Trinajstić information content (AvgIpc) is 2.62. The minimum atomic E-state index is 0.948. The standard InChI is InChI=1S/C8H8N4/c1-2-6-7(9-3-1)12-5-4-10-8(12)11-6/h1-3H,4-5H2,(H,10,11). The van der Waals surface area contributed by atoms with Crippen molar-refractivity contribution in [1.82, 2.24) is 14.5 Å². The molecule has 1 aliphatic rings. The molecule has 0 spiro atoms. The van der Waals surface area contributed by atoms with Crippen LogP contribution in [0, 0.1) is 0 Å². The van der Waals surface area contributed by atoms with Crippen LogP contribution in [0.25, 0.3) is 11.2 Å². The number of fused-ring (bicyclic) bond motifs is 3. The zero-order chi connectivity index (χ0) is 7.97. The molecular formula is C8H8N4. The molecule has 0 radical (unpaired) electrons. The van der Waals surface area contributed by atoms with Crippen LogP contribution in [0.3, 0.4) is 0 Å². The Bertz CT molecular complexity index is 432. The fourth-order valence-electron chi connectivity index (χ4n) is 1.58. The summed E-state index contributed by atoms with van der Waals surface area (Å²) in [4.78, 5) is 8.66. The molecule has 4 nitrogen and oxygen atoms in total. The number of anilines is 1. The number of rotatable bonds is 0. The summed E-state index contributed by atoms with van der Waals surface area (Å²) < 4.78 is 2.11. The SMILES string of the molecule is c1cnc2c(c1)nc1n2CCN1. The van der Waals surface area contributed by atoms with Gasteiger partial charge in [0.05, 0.1) is 0 Å². The Kier molecular flexibility index (Phi) is 0.983. The number of pyridine rings is 1. The number of hydrogen-bond donors (Lipinski definition) is 1. The summed E-state index contributed by atoms with van der Waals surface area (Å²) in [7, 11) is 0. The van der Waals surface area contributed by atoms with E-state index in [-0.39, 0.29) is 0 Å². The van der Waals surface area contributed by atoms with Gasteiger partial charge in [-0.25, -0.2) is 9.97 Å². The van der Waals surface area contributed by atoms with Crippen molar-refractivity contribution in [1.29, 1.82) is 0 Å². The van der Waals surface area contributed by atoms with E-state index in [1.54, 1.807) is 6.20 Å². The molecule has 0 unspecified atom stereocenters. The summed E-state index contributed by atoms with van der Waals surface area (Å²) in [5.74, 6) is 0.948. The Labute approximate surface area is 69.2 Å². The number of hydrogen-bond acceptors (Lipinski definition) is 3. The highest BCUT2D eigenvalue weighted by Crippen LogP contribution is 2.20. The third-order valence-corrected chi connectivity index (χ3v) is 2.12. The lowest BCUT2D eigenvalue weighted by atomic mass is 10.4. The molecular weight excluding hydrogens is 152 g/mol. The van der Waals surface area contributed by atoms with Crippen LogP contribution in [0.4, 0.5) is 5.95 Å². The van der Waals surface area contributed by atoms with Crippen molar-refractivity contribution >= 4 is 17.1 Å². The predicted molar refractivity (Wildman–Crippen MR) is 46.0 cm³/mol. The van der Waals surface area contributed by atoms with Crippen molar-refractivity contribution in [2.24, 2.45) is 0 Å². The van der Waals surface area contributed by atoms with Crippen molar-refractivity contribution in [2.75, 3.05) is 11.9 Å². The molecule has 1 aliphatic heterocycles. The Morgan fingerprint density at radius 1 is 1.50 bits per heavy atom. The number of aromatic nitrogens is 3. The molecule has 0 fully saturated rings. The van der Waals surface area contributed by atoms with Crippen LogP contribution in [0.15, 0.2) is 18.3 Å². The van der Waals surface area contributed by atoms with Crippen LogP contribution in [-0.2, 0) is 6.54 Å². The summed E-state index contributed by atoms with van der Waals surface area (Å²) in [5.41, 5.74) is 1.96. The van der Waals surface area contributed by atoms with Gasteiger partial charge in [-0.1, -0.05) is 0 Å². The van der Waals surface area contributed by atoms with Gasteiger partial charge < -0.3 is 5.32 Å². The molecule has 0 saturated heterocycles. The van der Waals surface area contributed by atoms with Crippen LogP contribution in [-0.4, -0.2) is 21.1 Å². The Morgan fingerprint density at radius 3 is 3.50 bits per heavy atom. The molecule has 0 bridgehead atoms. The van der Waals surface area contributed by atoms with Crippen LogP contribution in [0.2, 0.25) is 0 Å². The van der Waals surface area contributed by atoms with E-state index in [0.717, 1.165) is 30.2 Å². The largest absolute Gasteiger partial charge is 0.354 e. The lowest BCUT2D eigenvalue weighted by Gasteiger charge is -1.92. The number of nitrogens with zero attached hydrogens (tertiary/aromatic N) is 3. The van der Waals surface area contributed by atoms with E-state index in [2.05, 4.69) is 19.9 Å². The molecule has 0 aliphatic carbocycles. The quantitative estimate of drug-likeness (QED) is 0.621. The molecule has 1 N–H and O–H groups in total. The van der Waals surface area contributed by atoms with Gasteiger partial charge in [-0.3, -0.25) is 4.57 Å². The van der Waals surface area contributed by atoms with E-state index in [0.29, 0.717) is 0 Å².